The number of halogens is 2. The number of nitrogens with zero attached hydrogens (tertiary/aromatic N) is 2. The topological polar surface area (TPSA) is 6.48 Å². The Kier molecular flexibility index (Phi) is 3.98. The zero-order valence-corrected chi connectivity index (χ0v) is 13.3. The van der Waals surface area contributed by atoms with Crippen molar-refractivity contribution in [3.8, 4) is 0 Å². The molecule has 2 aliphatic rings. The van der Waals surface area contributed by atoms with E-state index in [9.17, 15) is 4.39 Å². The fourth-order valence-electron chi connectivity index (χ4n) is 3.34. The van der Waals surface area contributed by atoms with Crippen molar-refractivity contribution in [1.29, 1.82) is 0 Å². The summed E-state index contributed by atoms with van der Waals surface area (Å²) in [6.45, 7) is 4.70. The standard InChI is InChI=1S/C15H20FIN2/c16-13-1-3-14(4-2-13)18-9-5-15(6-10-18)7-11-19(17)12-8-15/h1-4H,5-12H2. The van der Waals surface area contributed by atoms with E-state index in [-0.39, 0.29) is 5.82 Å². The molecule has 0 saturated carbocycles. The molecule has 104 valence electrons. The molecule has 0 N–H and O–H groups in total. The number of rotatable bonds is 1. The first-order valence-electron chi connectivity index (χ1n) is 7.08. The van der Waals surface area contributed by atoms with Crippen molar-refractivity contribution in [3.05, 3.63) is 30.1 Å². The van der Waals surface area contributed by atoms with Gasteiger partial charge in [0, 0.05) is 54.7 Å². The number of hydrogen-bond donors (Lipinski definition) is 0. The van der Waals surface area contributed by atoms with Crippen molar-refractivity contribution in [1.82, 2.24) is 3.11 Å². The first-order valence-corrected chi connectivity index (χ1v) is 8.05. The fraction of sp³-hybridized carbons (Fsp3) is 0.600. The molecule has 1 aromatic rings. The summed E-state index contributed by atoms with van der Waals surface area (Å²) in [4.78, 5) is 2.40. The highest BCUT2D eigenvalue weighted by Crippen LogP contribution is 2.42. The van der Waals surface area contributed by atoms with Crippen molar-refractivity contribution < 1.29 is 4.39 Å². The van der Waals surface area contributed by atoms with Crippen LogP contribution in [0.3, 0.4) is 0 Å². The summed E-state index contributed by atoms with van der Waals surface area (Å²) in [5.74, 6) is -0.147. The van der Waals surface area contributed by atoms with Crippen LogP contribution in [-0.2, 0) is 0 Å². The highest BCUT2D eigenvalue weighted by molar-refractivity contribution is 14.1. The third kappa shape index (κ3) is 3.05. The molecule has 0 aromatic heterocycles. The van der Waals surface area contributed by atoms with Gasteiger partial charge in [0.05, 0.1) is 0 Å². The molecule has 0 unspecified atom stereocenters. The second-order valence-corrected chi connectivity index (χ2v) is 7.24. The van der Waals surface area contributed by atoms with E-state index < -0.39 is 0 Å². The van der Waals surface area contributed by atoms with E-state index in [0.29, 0.717) is 5.41 Å². The van der Waals surface area contributed by atoms with Crippen molar-refractivity contribution in [2.24, 2.45) is 5.41 Å². The van der Waals surface area contributed by atoms with Crippen LogP contribution in [0.5, 0.6) is 0 Å². The molecule has 0 amide bonds. The lowest BCUT2D eigenvalue weighted by Gasteiger charge is -2.46. The molecule has 2 nitrogen and oxygen atoms in total. The Labute approximate surface area is 128 Å². The van der Waals surface area contributed by atoms with Crippen molar-refractivity contribution in [2.75, 3.05) is 31.1 Å². The maximum atomic E-state index is 13.0. The lowest BCUT2D eigenvalue weighted by molar-refractivity contribution is 0.130. The molecule has 0 atom stereocenters. The smallest absolute Gasteiger partial charge is 0.123 e. The molecule has 2 fully saturated rings. The minimum Gasteiger partial charge on any atom is -0.371 e. The molecule has 2 heterocycles. The molecule has 3 rings (SSSR count). The summed E-state index contributed by atoms with van der Waals surface area (Å²) < 4.78 is 15.4. The maximum absolute atomic E-state index is 13.0. The van der Waals surface area contributed by atoms with Gasteiger partial charge in [0.2, 0.25) is 0 Å². The Hall–Kier alpha value is -0.360. The highest BCUT2D eigenvalue weighted by atomic mass is 127. The molecule has 2 aliphatic heterocycles. The Morgan fingerprint density at radius 2 is 1.42 bits per heavy atom. The number of benzene rings is 1. The first-order chi connectivity index (χ1) is 9.17. The Bertz CT molecular complexity index is 416. The fourth-order valence-corrected chi connectivity index (χ4v) is 3.83. The van der Waals surface area contributed by atoms with Gasteiger partial charge < -0.3 is 4.90 Å². The molecule has 1 aromatic carbocycles. The van der Waals surface area contributed by atoms with Gasteiger partial charge >= 0.3 is 0 Å². The summed E-state index contributed by atoms with van der Waals surface area (Å²) in [7, 11) is 0. The van der Waals surface area contributed by atoms with Crippen LogP contribution in [0.15, 0.2) is 24.3 Å². The van der Waals surface area contributed by atoms with Crippen LogP contribution < -0.4 is 4.90 Å². The Morgan fingerprint density at radius 1 is 0.895 bits per heavy atom. The SMILES string of the molecule is Fc1ccc(N2CCC3(CCN(I)CC3)CC2)cc1. The van der Waals surface area contributed by atoms with Crippen molar-refractivity contribution in [3.63, 3.8) is 0 Å². The number of anilines is 1. The molecular weight excluding hydrogens is 354 g/mol. The summed E-state index contributed by atoms with van der Waals surface area (Å²) in [5, 5.41) is 0. The molecule has 1 spiro atoms. The van der Waals surface area contributed by atoms with E-state index in [2.05, 4.69) is 30.9 Å². The van der Waals surface area contributed by atoms with E-state index in [4.69, 9.17) is 0 Å². The van der Waals surface area contributed by atoms with E-state index in [1.54, 1.807) is 12.1 Å². The van der Waals surface area contributed by atoms with Gasteiger partial charge in [-0.3, -0.25) is 0 Å². The molecular formula is C15H20FIN2. The average Bonchev–Trinajstić information content (AvgIpc) is 2.44. The highest BCUT2D eigenvalue weighted by Gasteiger charge is 2.37. The third-order valence-electron chi connectivity index (χ3n) is 4.79. The van der Waals surface area contributed by atoms with E-state index in [1.807, 2.05) is 12.1 Å². The summed E-state index contributed by atoms with van der Waals surface area (Å²) >= 11 is 2.44. The molecule has 2 saturated heterocycles. The molecule has 19 heavy (non-hydrogen) atoms. The largest absolute Gasteiger partial charge is 0.371 e. The Morgan fingerprint density at radius 3 is 2.00 bits per heavy atom. The zero-order chi connectivity index (χ0) is 13.3. The van der Waals surface area contributed by atoms with E-state index in [0.717, 1.165) is 13.1 Å². The molecule has 0 radical (unpaired) electrons. The number of piperidine rings is 2. The monoisotopic (exact) mass is 374 g/mol. The van der Waals surface area contributed by atoms with Crippen LogP contribution >= 0.6 is 22.9 Å². The number of hydrogen-bond acceptors (Lipinski definition) is 2. The second kappa shape index (κ2) is 5.56. The molecule has 4 heteroatoms. The van der Waals surface area contributed by atoms with Crippen molar-refractivity contribution >= 4 is 28.6 Å². The van der Waals surface area contributed by atoms with Crippen LogP contribution in [0.2, 0.25) is 0 Å². The Balaban J connectivity index is 1.61. The summed E-state index contributed by atoms with van der Waals surface area (Å²) in [6.07, 6.45) is 5.25. The van der Waals surface area contributed by atoms with Crippen LogP contribution in [0, 0.1) is 11.2 Å². The van der Waals surface area contributed by atoms with Crippen molar-refractivity contribution in [2.45, 2.75) is 25.7 Å². The van der Waals surface area contributed by atoms with Gasteiger partial charge in [-0.2, -0.15) is 0 Å². The minimum atomic E-state index is -0.147. The average molecular weight is 374 g/mol. The van der Waals surface area contributed by atoms with E-state index >= 15 is 0 Å². The minimum absolute atomic E-state index is 0.147. The summed E-state index contributed by atoms with van der Waals surface area (Å²) in [5.41, 5.74) is 1.75. The van der Waals surface area contributed by atoms with Crippen LogP contribution in [-0.4, -0.2) is 29.3 Å². The van der Waals surface area contributed by atoms with Gasteiger partial charge in [0.25, 0.3) is 0 Å². The van der Waals surface area contributed by atoms with Gasteiger partial charge in [-0.25, -0.2) is 7.50 Å². The van der Waals surface area contributed by atoms with E-state index in [1.165, 1.54) is 44.5 Å². The predicted octanol–water partition coefficient (Wildman–Crippen LogP) is 3.86. The van der Waals surface area contributed by atoms with Gasteiger partial charge in [-0.15, -0.1) is 0 Å². The summed E-state index contributed by atoms with van der Waals surface area (Å²) in [6, 6.07) is 6.93. The molecule has 0 bridgehead atoms. The van der Waals surface area contributed by atoms with Gasteiger partial charge in [-0.05, 0) is 55.4 Å². The lowest BCUT2D eigenvalue weighted by Crippen LogP contribution is -2.45. The zero-order valence-electron chi connectivity index (χ0n) is 11.1. The van der Waals surface area contributed by atoms with Crippen LogP contribution in [0.1, 0.15) is 25.7 Å². The maximum Gasteiger partial charge on any atom is 0.123 e. The van der Waals surface area contributed by atoms with Gasteiger partial charge in [0.1, 0.15) is 5.82 Å². The predicted molar refractivity (Wildman–Crippen MR) is 85.1 cm³/mol. The quantitative estimate of drug-likeness (QED) is 0.544. The second-order valence-electron chi connectivity index (χ2n) is 5.87. The van der Waals surface area contributed by atoms with Crippen LogP contribution in [0.25, 0.3) is 0 Å². The van der Waals surface area contributed by atoms with Crippen LogP contribution in [0.4, 0.5) is 10.1 Å². The molecule has 0 aliphatic carbocycles. The van der Waals surface area contributed by atoms with Gasteiger partial charge in [-0.1, -0.05) is 0 Å². The lowest BCUT2D eigenvalue weighted by atomic mass is 9.71. The third-order valence-corrected chi connectivity index (χ3v) is 5.75. The van der Waals surface area contributed by atoms with Gasteiger partial charge in [0.15, 0.2) is 0 Å². The normalized spacial score (nSPS) is 23.8. The first kappa shape index (κ1) is 13.6.